The molecule has 0 aliphatic rings. The molecular weight excluding hydrogens is 192 g/mol. The molecule has 0 bridgehead atoms. The van der Waals surface area contributed by atoms with Crippen molar-refractivity contribution in [2.24, 2.45) is 0 Å². The van der Waals surface area contributed by atoms with Gasteiger partial charge in [-0.2, -0.15) is 0 Å². The third-order valence-electron chi connectivity index (χ3n) is 1.92. The van der Waals surface area contributed by atoms with Crippen molar-refractivity contribution in [3.8, 4) is 0 Å². The molecule has 4 unspecified atom stereocenters. The first-order chi connectivity index (χ1) is 6.62. The summed E-state index contributed by atoms with van der Waals surface area (Å²) in [6.45, 7) is -0.565. The third kappa shape index (κ3) is 3.32. The Bertz CT molecular complexity index is 162. The Hall–Kier alpha value is -0.530. The number of aliphatic hydroxyl groups excluding tert-OH is 3. The van der Waals surface area contributed by atoms with Gasteiger partial charge in [0, 0.05) is 14.2 Å². The number of aldehydes is 1. The topological polar surface area (TPSA) is 96.2 Å². The van der Waals surface area contributed by atoms with Crippen LogP contribution < -0.4 is 0 Å². The van der Waals surface area contributed by atoms with Gasteiger partial charge >= 0.3 is 0 Å². The van der Waals surface area contributed by atoms with Crippen LogP contribution in [-0.2, 0) is 14.3 Å². The van der Waals surface area contributed by atoms with Crippen LogP contribution in [0.1, 0.15) is 0 Å². The molecule has 0 aromatic rings. The lowest BCUT2D eigenvalue weighted by atomic mass is 10.0. The molecule has 0 rings (SSSR count). The van der Waals surface area contributed by atoms with E-state index in [9.17, 15) is 15.0 Å². The van der Waals surface area contributed by atoms with E-state index >= 15 is 0 Å². The molecule has 14 heavy (non-hydrogen) atoms. The van der Waals surface area contributed by atoms with Crippen LogP contribution in [0.3, 0.4) is 0 Å². The zero-order valence-corrected chi connectivity index (χ0v) is 8.16. The fraction of sp³-hybridized carbons (Fsp3) is 0.875. The number of carbonyl (C=O) groups is 1. The molecule has 0 saturated carbocycles. The second-order valence-electron chi connectivity index (χ2n) is 2.78. The van der Waals surface area contributed by atoms with E-state index in [0.717, 1.165) is 0 Å². The number of aliphatic hydroxyl groups is 3. The van der Waals surface area contributed by atoms with Crippen molar-refractivity contribution in [2.75, 3.05) is 20.8 Å². The monoisotopic (exact) mass is 208 g/mol. The number of methoxy groups -OCH3 is 2. The van der Waals surface area contributed by atoms with Gasteiger partial charge in [-0.1, -0.05) is 0 Å². The molecule has 3 N–H and O–H groups in total. The number of ether oxygens (including phenoxy) is 2. The van der Waals surface area contributed by atoms with Gasteiger partial charge in [-0.25, -0.2) is 0 Å². The molecule has 84 valence electrons. The van der Waals surface area contributed by atoms with Crippen LogP contribution in [0.4, 0.5) is 0 Å². The van der Waals surface area contributed by atoms with Crippen molar-refractivity contribution in [3.63, 3.8) is 0 Å². The van der Waals surface area contributed by atoms with Crippen LogP contribution in [0.5, 0.6) is 0 Å². The predicted octanol–water partition coefficient (Wildman–Crippen LogP) is -2.07. The molecule has 0 saturated heterocycles. The van der Waals surface area contributed by atoms with E-state index in [0.29, 0.717) is 6.29 Å². The standard InChI is InChI=1S/C8H16O6/c1-13-6(4-10)7(12)8(14-2)5(11)3-9/h4-9,11-12H,3H2,1-2H3. The minimum Gasteiger partial charge on any atom is -0.394 e. The first kappa shape index (κ1) is 13.5. The molecule has 0 aromatic heterocycles. The van der Waals surface area contributed by atoms with Crippen molar-refractivity contribution in [3.05, 3.63) is 0 Å². The first-order valence-electron chi connectivity index (χ1n) is 4.10. The van der Waals surface area contributed by atoms with Gasteiger partial charge in [0.05, 0.1) is 6.61 Å². The molecule has 6 heteroatoms. The third-order valence-corrected chi connectivity index (χ3v) is 1.92. The summed E-state index contributed by atoms with van der Waals surface area (Å²) in [5, 5.41) is 27.4. The Morgan fingerprint density at radius 1 is 1.29 bits per heavy atom. The molecule has 4 atom stereocenters. The maximum Gasteiger partial charge on any atom is 0.151 e. The molecule has 0 aliphatic carbocycles. The maximum absolute atomic E-state index is 10.4. The highest BCUT2D eigenvalue weighted by Crippen LogP contribution is 2.09. The summed E-state index contributed by atoms with van der Waals surface area (Å²) < 4.78 is 9.40. The predicted molar refractivity (Wildman–Crippen MR) is 46.8 cm³/mol. The summed E-state index contributed by atoms with van der Waals surface area (Å²) in [6, 6.07) is 0. The summed E-state index contributed by atoms with van der Waals surface area (Å²) in [5.74, 6) is 0. The van der Waals surface area contributed by atoms with E-state index in [1.807, 2.05) is 0 Å². The maximum atomic E-state index is 10.4. The molecule has 0 radical (unpaired) electrons. The summed E-state index contributed by atoms with van der Waals surface area (Å²) in [5.41, 5.74) is 0. The quantitative estimate of drug-likeness (QED) is 0.416. The SMILES string of the molecule is COC(C=O)C(O)C(OC)C(O)CO. The number of hydrogen-bond donors (Lipinski definition) is 3. The second kappa shape index (κ2) is 6.86. The van der Waals surface area contributed by atoms with Crippen LogP contribution in [0.2, 0.25) is 0 Å². The zero-order chi connectivity index (χ0) is 11.1. The Morgan fingerprint density at radius 2 is 1.86 bits per heavy atom. The molecule has 6 nitrogen and oxygen atoms in total. The lowest BCUT2D eigenvalue weighted by Gasteiger charge is -2.27. The number of hydrogen-bond acceptors (Lipinski definition) is 6. The smallest absolute Gasteiger partial charge is 0.151 e. The van der Waals surface area contributed by atoms with Crippen molar-refractivity contribution in [1.29, 1.82) is 0 Å². The highest BCUT2D eigenvalue weighted by atomic mass is 16.5. The average molecular weight is 208 g/mol. The molecule has 0 aromatic carbocycles. The summed E-state index contributed by atoms with van der Waals surface area (Å²) in [6.07, 6.45) is -4.31. The van der Waals surface area contributed by atoms with Gasteiger partial charge in [-0.15, -0.1) is 0 Å². The van der Waals surface area contributed by atoms with E-state index in [1.165, 1.54) is 14.2 Å². The fourth-order valence-electron chi connectivity index (χ4n) is 1.09. The first-order valence-corrected chi connectivity index (χ1v) is 4.10. The van der Waals surface area contributed by atoms with E-state index in [2.05, 4.69) is 4.74 Å². The molecule has 0 amide bonds. The normalized spacial score (nSPS) is 19.8. The summed E-state index contributed by atoms with van der Waals surface area (Å²) in [4.78, 5) is 10.4. The lowest BCUT2D eigenvalue weighted by Crippen LogP contribution is -2.48. The molecular formula is C8H16O6. The largest absolute Gasteiger partial charge is 0.394 e. The van der Waals surface area contributed by atoms with Gasteiger partial charge in [0.2, 0.25) is 0 Å². The van der Waals surface area contributed by atoms with Gasteiger partial charge in [-0.05, 0) is 0 Å². The van der Waals surface area contributed by atoms with Crippen molar-refractivity contribution < 1.29 is 29.6 Å². The van der Waals surface area contributed by atoms with Gasteiger partial charge in [0.1, 0.15) is 24.4 Å². The summed E-state index contributed by atoms with van der Waals surface area (Å²) in [7, 11) is 2.50. The van der Waals surface area contributed by atoms with Crippen molar-refractivity contribution >= 4 is 6.29 Å². The van der Waals surface area contributed by atoms with Gasteiger partial charge < -0.3 is 29.6 Å². The van der Waals surface area contributed by atoms with Crippen LogP contribution in [0.15, 0.2) is 0 Å². The van der Waals surface area contributed by atoms with E-state index < -0.39 is 31.0 Å². The average Bonchev–Trinajstić information content (AvgIpc) is 2.20. The van der Waals surface area contributed by atoms with E-state index in [4.69, 9.17) is 9.84 Å². The van der Waals surface area contributed by atoms with E-state index in [-0.39, 0.29) is 0 Å². The summed E-state index contributed by atoms with van der Waals surface area (Å²) >= 11 is 0. The number of rotatable bonds is 7. The molecule has 0 heterocycles. The Balaban J connectivity index is 4.42. The minimum atomic E-state index is -1.32. The fourth-order valence-corrected chi connectivity index (χ4v) is 1.09. The lowest BCUT2D eigenvalue weighted by molar-refractivity contribution is -0.147. The zero-order valence-electron chi connectivity index (χ0n) is 8.16. The second-order valence-corrected chi connectivity index (χ2v) is 2.78. The van der Waals surface area contributed by atoms with Crippen LogP contribution in [0.25, 0.3) is 0 Å². The van der Waals surface area contributed by atoms with Crippen LogP contribution >= 0.6 is 0 Å². The van der Waals surface area contributed by atoms with Crippen LogP contribution in [-0.4, -0.2) is 66.8 Å². The number of carbonyl (C=O) groups excluding carboxylic acids is 1. The van der Waals surface area contributed by atoms with Gasteiger partial charge in [-0.3, -0.25) is 0 Å². The Morgan fingerprint density at radius 3 is 2.14 bits per heavy atom. The van der Waals surface area contributed by atoms with Crippen molar-refractivity contribution in [1.82, 2.24) is 0 Å². The van der Waals surface area contributed by atoms with E-state index in [1.54, 1.807) is 0 Å². The van der Waals surface area contributed by atoms with Gasteiger partial charge in [0.25, 0.3) is 0 Å². The highest BCUT2D eigenvalue weighted by Gasteiger charge is 2.32. The minimum absolute atomic E-state index is 0.404. The van der Waals surface area contributed by atoms with Crippen LogP contribution in [0, 0.1) is 0 Å². The molecule has 0 aliphatic heterocycles. The highest BCUT2D eigenvalue weighted by molar-refractivity contribution is 5.57. The Kier molecular flexibility index (Phi) is 6.60. The molecule has 0 spiro atoms. The Labute approximate surface area is 82.1 Å². The molecule has 0 fully saturated rings. The van der Waals surface area contributed by atoms with Crippen molar-refractivity contribution in [2.45, 2.75) is 24.4 Å². The van der Waals surface area contributed by atoms with Gasteiger partial charge in [0.15, 0.2) is 6.29 Å².